The molecular weight excluding hydrogens is 342 g/mol. The minimum Gasteiger partial charge on any atom is -0.373 e. The Hall–Kier alpha value is -1.99. The Balaban J connectivity index is 1.18. The second-order valence-corrected chi connectivity index (χ2v) is 8.16. The van der Waals surface area contributed by atoms with Crippen molar-refractivity contribution in [2.75, 3.05) is 19.7 Å². The summed E-state index contributed by atoms with van der Waals surface area (Å²) in [6.45, 7) is 6.12. The molecule has 0 N–H and O–H groups in total. The van der Waals surface area contributed by atoms with Gasteiger partial charge >= 0.3 is 0 Å². The Morgan fingerprint density at radius 1 is 1.11 bits per heavy atom. The molecule has 2 fully saturated rings. The van der Waals surface area contributed by atoms with Crippen molar-refractivity contribution in [3.8, 4) is 0 Å². The van der Waals surface area contributed by atoms with Gasteiger partial charge in [0.1, 0.15) is 0 Å². The molecule has 0 atom stereocenters. The Morgan fingerprint density at radius 2 is 1.96 bits per heavy atom. The van der Waals surface area contributed by atoms with E-state index in [4.69, 9.17) is 4.74 Å². The molecule has 2 aromatic rings. The molecule has 1 aliphatic carbocycles. The molecule has 1 saturated heterocycles. The van der Waals surface area contributed by atoms with E-state index in [1.165, 1.54) is 24.1 Å². The van der Waals surface area contributed by atoms with Crippen LogP contribution in [0.25, 0.3) is 0 Å². The molecule has 144 valence electrons. The van der Waals surface area contributed by atoms with E-state index in [9.17, 15) is 4.79 Å². The molecule has 2 aliphatic heterocycles. The third-order valence-electron chi connectivity index (χ3n) is 6.14. The number of fused-ring (bicyclic) bond motifs is 1. The summed E-state index contributed by atoms with van der Waals surface area (Å²) in [6.07, 6.45) is 6.66. The number of rotatable bonds is 5. The summed E-state index contributed by atoms with van der Waals surface area (Å²) >= 11 is 0. The SMILES string of the molecule is O=c1ccc(C2CC2)nn1CC1CCN(Cc2cnn3c2COCC3)CC1. The third-order valence-corrected chi connectivity index (χ3v) is 6.14. The lowest BCUT2D eigenvalue weighted by molar-refractivity contribution is 0.0782. The molecule has 27 heavy (non-hydrogen) atoms. The number of hydrogen-bond donors (Lipinski definition) is 0. The van der Waals surface area contributed by atoms with Crippen LogP contribution in [0.2, 0.25) is 0 Å². The van der Waals surface area contributed by atoms with Crippen LogP contribution in [0, 0.1) is 5.92 Å². The van der Waals surface area contributed by atoms with Crippen molar-refractivity contribution < 1.29 is 4.74 Å². The second kappa shape index (κ2) is 7.20. The van der Waals surface area contributed by atoms with E-state index in [0.717, 1.165) is 57.9 Å². The molecule has 7 nitrogen and oxygen atoms in total. The topological polar surface area (TPSA) is 65.2 Å². The van der Waals surface area contributed by atoms with Crippen LogP contribution >= 0.6 is 0 Å². The number of likely N-dealkylation sites (tertiary alicyclic amines) is 1. The van der Waals surface area contributed by atoms with Crippen LogP contribution in [-0.4, -0.2) is 44.2 Å². The molecule has 0 radical (unpaired) electrons. The first-order valence-electron chi connectivity index (χ1n) is 10.2. The van der Waals surface area contributed by atoms with Gasteiger partial charge in [0.2, 0.25) is 0 Å². The van der Waals surface area contributed by atoms with Gasteiger partial charge in [-0.1, -0.05) is 0 Å². The molecule has 7 heteroatoms. The minimum absolute atomic E-state index is 0.0355. The number of ether oxygens (including phenoxy) is 1. The molecule has 2 aromatic heterocycles. The van der Waals surface area contributed by atoms with Gasteiger partial charge in [-0.2, -0.15) is 10.2 Å². The fraction of sp³-hybridized carbons (Fsp3) is 0.650. The lowest BCUT2D eigenvalue weighted by Crippen LogP contribution is -2.36. The predicted octanol–water partition coefficient (Wildman–Crippen LogP) is 1.76. The zero-order chi connectivity index (χ0) is 18.2. The van der Waals surface area contributed by atoms with E-state index in [-0.39, 0.29) is 5.56 Å². The van der Waals surface area contributed by atoms with Gasteiger partial charge in [-0.15, -0.1) is 0 Å². The van der Waals surface area contributed by atoms with Crippen molar-refractivity contribution in [1.82, 2.24) is 24.5 Å². The van der Waals surface area contributed by atoms with Gasteiger partial charge in [-0.05, 0) is 50.8 Å². The zero-order valence-electron chi connectivity index (χ0n) is 15.7. The molecule has 0 bridgehead atoms. The number of nitrogens with zero attached hydrogens (tertiary/aromatic N) is 5. The summed E-state index contributed by atoms with van der Waals surface area (Å²) in [5, 5.41) is 9.12. The molecule has 0 aromatic carbocycles. The van der Waals surface area contributed by atoms with Crippen molar-refractivity contribution in [1.29, 1.82) is 0 Å². The quantitative estimate of drug-likeness (QED) is 0.804. The standard InChI is InChI=1S/C20H27N5O2/c26-20-4-3-18(16-1-2-16)22-25(20)12-15-5-7-23(8-6-15)13-17-11-21-24-9-10-27-14-19(17)24/h3-4,11,15-16H,1-2,5-10,12-14H2. The normalized spacial score (nSPS) is 21.3. The maximum absolute atomic E-state index is 12.2. The number of aromatic nitrogens is 4. The third kappa shape index (κ3) is 3.71. The maximum atomic E-state index is 12.2. The highest BCUT2D eigenvalue weighted by atomic mass is 16.5. The molecule has 1 saturated carbocycles. The van der Waals surface area contributed by atoms with E-state index in [1.807, 2.05) is 12.3 Å². The fourth-order valence-corrected chi connectivity index (χ4v) is 4.27. The average molecular weight is 369 g/mol. The maximum Gasteiger partial charge on any atom is 0.266 e. The predicted molar refractivity (Wildman–Crippen MR) is 100 cm³/mol. The molecule has 0 unspecified atom stereocenters. The second-order valence-electron chi connectivity index (χ2n) is 8.16. The van der Waals surface area contributed by atoms with Crippen LogP contribution in [0.15, 0.2) is 23.1 Å². The Labute approximate surface area is 158 Å². The monoisotopic (exact) mass is 369 g/mol. The Kier molecular flexibility index (Phi) is 4.57. The van der Waals surface area contributed by atoms with Gasteiger partial charge in [-0.3, -0.25) is 14.4 Å². The molecule has 3 aliphatic rings. The highest BCUT2D eigenvalue weighted by Crippen LogP contribution is 2.38. The van der Waals surface area contributed by atoms with Gasteiger partial charge in [0, 0.05) is 30.6 Å². The van der Waals surface area contributed by atoms with Crippen molar-refractivity contribution in [3.63, 3.8) is 0 Å². The number of piperidine rings is 1. The Morgan fingerprint density at radius 3 is 2.78 bits per heavy atom. The summed E-state index contributed by atoms with van der Waals surface area (Å²) in [5.74, 6) is 1.12. The first-order valence-corrected chi connectivity index (χ1v) is 10.2. The van der Waals surface area contributed by atoms with Crippen LogP contribution in [0.1, 0.15) is 48.6 Å². The molecular formula is C20H27N5O2. The van der Waals surface area contributed by atoms with Crippen molar-refractivity contribution in [2.45, 2.75) is 57.8 Å². The van der Waals surface area contributed by atoms with Crippen molar-refractivity contribution in [3.05, 3.63) is 45.6 Å². The van der Waals surface area contributed by atoms with E-state index < -0.39 is 0 Å². The molecule has 0 spiro atoms. The minimum atomic E-state index is 0.0355. The smallest absolute Gasteiger partial charge is 0.266 e. The molecule has 5 rings (SSSR count). The van der Waals surface area contributed by atoms with Gasteiger partial charge in [0.25, 0.3) is 5.56 Å². The summed E-state index contributed by atoms with van der Waals surface area (Å²) in [6, 6.07) is 3.61. The van der Waals surface area contributed by atoms with Crippen molar-refractivity contribution in [2.24, 2.45) is 5.92 Å². The Bertz CT molecular complexity index is 861. The first-order chi connectivity index (χ1) is 13.3. The van der Waals surface area contributed by atoms with Crippen LogP contribution < -0.4 is 5.56 Å². The largest absolute Gasteiger partial charge is 0.373 e. The van der Waals surface area contributed by atoms with E-state index in [1.54, 1.807) is 10.7 Å². The summed E-state index contributed by atoms with van der Waals surface area (Å²) in [4.78, 5) is 14.7. The highest BCUT2D eigenvalue weighted by Gasteiger charge is 2.27. The van der Waals surface area contributed by atoms with Gasteiger partial charge in [-0.25, -0.2) is 4.68 Å². The van der Waals surface area contributed by atoms with Crippen LogP contribution in [0.3, 0.4) is 0 Å². The highest BCUT2D eigenvalue weighted by molar-refractivity contribution is 5.18. The lowest BCUT2D eigenvalue weighted by atomic mass is 9.96. The first kappa shape index (κ1) is 17.1. The lowest BCUT2D eigenvalue weighted by Gasteiger charge is -2.32. The molecule has 0 amide bonds. The zero-order valence-corrected chi connectivity index (χ0v) is 15.7. The summed E-state index contributed by atoms with van der Waals surface area (Å²) in [5.41, 5.74) is 3.66. The van der Waals surface area contributed by atoms with Gasteiger partial charge in [0.05, 0.1) is 37.3 Å². The van der Waals surface area contributed by atoms with E-state index in [0.29, 0.717) is 18.4 Å². The van der Waals surface area contributed by atoms with Crippen LogP contribution in [0.4, 0.5) is 0 Å². The fourth-order valence-electron chi connectivity index (χ4n) is 4.27. The van der Waals surface area contributed by atoms with Gasteiger partial charge < -0.3 is 4.74 Å². The number of hydrogen-bond acceptors (Lipinski definition) is 5. The van der Waals surface area contributed by atoms with Crippen LogP contribution in [0.5, 0.6) is 0 Å². The van der Waals surface area contributed by atoms with E-state index in [2.05, 4.69) is 19.8 Å². The van der Waals surface area contributed by atoms with Gasteiger partial charge in [0.15, 0.2) is 0 Å². The summed E-state index contributed by atoms with van der Waals surface area (Å²) < 4.78 is 9.38. The average Bonchev–Trinajstić information content (AvgIpc) is 3.47. The van der Waals surface area contributed by atoms with Crippen LogP contribution in [-0.2, 0) is 31.0 Å². The van der Waals surface area contributed by atoms with Crippen molar-refractivity contribution >= 4 is 0 Å². The molecule has 4 heterocycles. The summed E-state index contributed by atoms with van der Waals surface area (Å²) in [7, 11) is 0. The van der Waals surface area contributed by atoms with E-state index >= 15 is 0 Å².